The lowest BCUT2D eigenvalue weighted by atomic mass is 9.83. The highest BCUT2D eigenvalue weighted by Gasteiger charge is 2.70. The molecule has 3 heterocycles. The lowest BCUT2D eigenvalue weighted by Gasteiger charge is -2.37. The van der Waals surface area contributed by atoms with Gasteiger partial charge in [0, 0.05) is 42.5 Å². The van der Waals surface area contributed by atoms with Crippen molar-refractivity contribution in [3.05, 3.63) is 69.4 Å². The fourth-order valence-corrected chi connectivity index (χ4v) is 7.17. The highest BCUT2D eigenvalue weighted by Crippen LogP contribution is 2.61. The van der Waals surface area contributed by atoms with Gasteiger partial charge in [0.2, 0.25) is 0 Å². The Morgan fingerprint density at radius 2 is 1.84 bits per heavy atom. The summed E-state index contributed by atoms with van der Waals surface area (Å²) in [6.45, 7) is 10.7. The Bertz CT molecular complexity index is 1520. The van der Waals surface area contributed by atoms with Gasteiger partial charge in [0.1, 0.15) is 10.3 Å². The quantitative estimate of drug-likeness (QED) is 0.433. The molecule has 38 heavy (non-hydrogen) atoms. The SMILES string of the molecule is Cc1cc([C@@H](C)Nc2ccccc2[C@@]23SC(=O)NCC2C3=O)c2oc(N3CCC(C)(C)CC3)cc(=O)c2c1. The summed E-state index contributed by atoms with van der Waals surface area (Å²) < 4.78 is 5.64. The molecule has 2 aliphatic heterocycles. The molecule has 2 saturated heterocycles. The van der Waals surface area contributed by atoms with Crippen LogP contribution >= 0.6 is 11.8 Å². The van der Waals surface area contributed by atoms with Crippen LogP contribution in [0.4, 0.5) is 16.4 Å². The average Bonchev–Trinajstić information content (AvgIpc) is 3.47. The second-order valence-corrected chi connectivity index (χ2v) is 12.9. The molecule has 3 aliphatic rings. The van der Waals surface area contributed by atoms with E-state index in [0.29, 0.717) is 28.8 Å². The number of nitrogens with zero attached hydrogens (tertiary/aromatic N) is 1. The lowest BCUT2D eigenvalue weighted by Crippen LogP contribution is -2.37. The smallest absolute Gasteiger partial charge is 0.280 e. The maximum absolute atomic E-state index is 13.2. The number of nitrogens with one attached hydrogen (secondary N) is 2. The lowest BCUT2D eigenvalue weighted by molar-refractivity contribution is -0.111. The van der Waals surface area contributed by atoms with Crippen LogP contribution in [0.25, 0.3) is 11.0 Å². The third-order valence-corrected chi connectivity index (χ3v) is 9.73. The molecule has 1 saturated carbocycles. The minimum absolute atomic E-state index is 0.0430. The molecule has 0 radical (unpaired) electrons. The number of carbonyl (C=O) groups is 2. The zero-order chi connectivity index (χ0) is 26.8. The molecule has 2 N–H and O–H groups in total. The van der Waals surface area contributed by atoms with E-state index in [4.69, 9.17) is 4.42 Å². The Morgan fingerprint density at radius 1 is 1.11 bits per heavy atom. The number of thioether (sulfide) groups is 1. The van der Waals surface area contributed by atoms with Crippen molar-refractivity contribution >= 4 is 45.3 Å². The van der Waals surface area contributed by atoms with E-state index < -0.39 is 4.75 Å². The Balaban J connectivity index is 1.37. The fourth-order valence-electron chi connectivity index (χ4n) is 5.92. The van der Waals surface area contributed by atoms with E-state index in [1.807, 2.05) is 44.2 Å². The average molecular weight is 532 g/mol. The van der Waals surface area contributed by atoms with E-state index >= 15 is 0 Å². The number of Topliss-reactive ketones (excluding diaryl/α,β-unsaturated/α-hetero) is 1. The molecule has 8 heteroatoms. The van der Waals surface area contributed by atoms with Crippen LogP contribution in [-0.4, -0.2) is 30.7 Å². The molecule has 3 atom stereocenters. The van der Waals surface area contributed by atoms with Crippen molar-refractivity contribution in [2.24, 2.45) is 11.3 Å². The molecule has 0 spiro atoms. The summed E-state index contributed by atoms with van der Waals surface area (Å²) in [7, 11) is 0. The van der Waals surface area contributed by atoms with E-state index in [-0.39, 0.29) is 28.4 Å². The highest BCUT2D eigenvalue weighted by molar-refractivity contribution is 8.15. The molecule has 6 rings (SSSR count). The van der Waals surface area contributed by atoms with Gasteiger partial charge in [-0.1, -0.05) is 38.1 Å². The molecular formula is C30H33N3O4S. The van der Waals surface area contributed by atoms with E-state index in [1.54, 1.807) is 6.07 Å². The molecule has 198 valence electrons. The minimum atomic E-state index is -0.831. The number of hydrogen-bond acceptors (Lipinski definition) is 7. The van der Waals surface area contributed by atoms with Gasteiger partial charge in [0.15, 0.2) is 17.1 Å². The van der Waals surface area contributed by atoms with Crippen molar-refractivity contribution < 1.29 is 14.0 Å². The van der Waals surface area contributed by atoms with E-state index in [0.717, 1.165) is 60.1 Å². The van der Waals surface area contributed by atoms with Gasteiger partial charge in [-0.15, -0.1) is 0 Å². The Labute approximate surface area is 226 Å². The normalized spacial score (nSPS) is 25.1. The molecule has 1 amide bonds. The first-order valence-corrected chi connectivity index (χ1v) is 14.1. The number of fused-ring (bicyclic) bond motifs is 2. The number of rotatable bonds is 5. The summed E-state index contributed by atoms with van der Waals surface area (Å²) >= 11 is 1.08. The Morgan fingerprint density at radius 3 is 2.61 bits per heavy atom. The van der Waals surface area contributed by atoms with Gasteiger partial charge in [-0.25, -0.2) is 0 Å². The molecule has 1 aliphatic carbocycles. The van der Waals surface area contributed by atoms with Crippen LogP contribution < -0.4 is 21.0 Å². The van der Waals surface area contributed by atoms with Gasteiger partial charge in [-0.05, 0) is 61.6 Å². The molecule has 7 nitrogen and oxygen atoms in total. The third-order valence-electron chi connectivity index (χ3n) is 8.38. The largest absolute Gasteiger partial charge is 0.440 e. The van der Waals surface area contributed by atoms with Gasteiger partial charge in [0.25, 0.3) is 5.24 Å². The zero-order valence-corrected chi connectivity index (χ0v) is 23.0. The van der Waals surface area contributed by atoms with Gasteiger partial charge >= 0.3 is 0 Å². The van der Waals surface area contributed by atoms with Crippen LogP contribution in [0.1, 0.15) is 56.3 Å². The van der Waals surface area contributed by atoms with Gasteiger partial charge < -0.3 is 20.0 Å². The number of piperidine rings is 1. The molecule has 3 aromatic rings. The summed E-state index contributed by atoms with van der Waals surface area (Å²) in [4.78, 5) is 40.5. The van der Waals surface area contributed by atoms with Crippen LogP contribution in [0.15, 0.2) is 51.7 Å². The summed E-state index contributed by atoms with van der Waals surface area (Å²) in [5, 5.41) is 6.77. The van der Waals surface area contributed by atoms with Crippen LogP contribution in [-0.2, 0) is 9.54 Å². The second-order valence-electron chi connectivity index (χ2n) is 11.7. The van der Waals surface area contributed by atoms with Crippen molar-refractivity contribution in [1.82, 2.24) is 5.32 Å². The monoisotopic (exact) mass is 531 g/mol. The summed E-state index contributed by atoms with van der Waals surface area (Å²) in [6, 6.07) is 13.1. The van der Waals surface area contributed by atoms with Crippen molar-refractivity contribution in [3.8, 4) is 0 Å². The fraction of sp³-hybridized carbons (Fsp3) is 0.433. The maximum atomic E-state index is 13.2. The first-order chi connectivity index (χ1) is 18.1. The van der Waals surface area contributed by atoms with E-state index in [2.05, 4.69) is 35.4 Å². The number of para-hydroxylation sites is 1. The molecule has 1 aromatic heterocycles. The van der Waals surface area contributed by atoms with Gasteiger partial charge in [-0.3, -0.25) is 14.4 Å². The van der Waals surface area contributed by atoms with E-state index in [9.17, 15) is 14.4 Å². The summed E-state index contributed by atoms with van der Waals surface area (Å²) in [5.41, 5.74) is 4.34. The van der Waals surface area contributed by atoms with Crippen LogP contribution in [0.2, 0.25) is 0 Å². The Hall–Kier alpha value is -3.26. The molecule has 2 aromatic carbocycles. The number of aryl methyl sites for hydroxylation is 1. The standard InChI is InChI=1S/C30H33N3O4S/c1-17-13-19(26-20(14-17)24(34)15-25(37-26)33-11-9-29(3,4)10-12-33)18(2)32-23-8-6-5-7-21(23)30-22(27(30)35)16-31-28(36)38-30/h5-8,13-15,18,22,32H,9-12,16H2,1-4H3,(H,31,36)/t18-,22?,30-/m1/s1. The van der Waals surface area contributed by atoms with Crippen LogP contribution in [0.5, 0.6) is 0 Å². The molecule has 0 bridgehead atoms. The summed E-state index contributed by atoms with van der Waals surface area (Å²) in [5.74, 6) is 0.494. The number of hydrogen-bond donors (Lipinski definition) is 2. The number of carbonyl (C=O) groups excluding carboxylic acids is 2. The predicted molar refractivity (Wildman–Crippen MR) is 152 cm³/mol. The highest BCUT2D eigenvalue weighted by atomic mass is 32.2. The number of anilines is 2. The maximum Gasteiger partial charge on any atom is 0.280 e. The van der Waals surface area contributed by atoms with Crippen molar-refractivity contribution in [2.75, 3.05) is 29.9 Å². The zero-order valence-electron chi connectivity index (χ0n) is 22.2. The van der Waals surface area contributed by atoms with Crippen molar-refractivity contribution in [1.29, 1.82) is 0 Å². The van der Waals surface area contributed by atoms with Crippen LogP contribution in [0.3, 0.4) is 0 Å². The number of benzene rings is 2. The number of ketones is 1. The predicted octanol–water partition coefficient (Wildman–Crippen LogP) is 5.75. The molecular weight excluding hydrogens is 498 g/mol. The first kappa shape index (κ1) is 25.0. The van der Waals surface area contributed by atoms with Gasteiger partial charge in [-0.2, -0.15) is 0 Å². The Kier molecular flexibility index (Phi) is 5.87. The van der Waals surface area contributed by atoms with Crippen molar-refractivity contribution in [3.63, 3.8) is 0 Å². The van der Waals surface area contributed by atoms with E-state index in [1.165, 1.54) is 0 Å². The second kappa shape index (κ2) is 8.90. The first-order valence-electron chi connectivity index (χ1n) is 13.3. The van der Waals surface area contributed by atoms with Crippen LogP contribution in [0, 0.1) is 18.3 Å². The summed E-state index contributed by atoms with van der Waals surface area (Å²) in [6.07, 6.45) is 2.09. The van der Waals surface area contributed by atoms with Crippen molar-refractivity contribution in [2.45, 2.75) is 51.3 Å². The third kappa shape index (κ3) is 4.10. The topological polar surface area (TPSA) is 91.7 Å². The molecule has 1 unspecified atom stereocenters. The molecule has 3 fully saturated rings. The van der Waals surface area contributed by atoms with Gasteiger partial charge in [0.05, 0.1) is 17.3 Å². The minimum Gasteiger partial charge on any atom is -0.440 e. The number of amides is 1.